The van der Waals surface area contributed by atoms with Gasteiger partial charge < -0.3 is 10.1 Å². The number of para-hydroxylation sites is 1. The summed E-state index contributed by atoms with van der Waals surface area (Å²) in [6.45, 7) is 5.81. The summed E-state index contributed by atoms with van der Waals surface area (Å²) in [5.41, 5.74) is 1.88. The monoisotopic (exact) mass is 430 g/mol. The van der Waals surface area contributed by atoms with Gasteiger partial charge in [-0.3, -0.25) is 14.3 Å². The summed E-state index contributed by atoms with van der Waals surface area (Å²) in [6, 6.07) is 9.99. The summed E-state index contributed by atoms with van der Waals surface area (Å²) in [7, 11) is 0. The first-order chi connectivity index (χ1) is 14.2. The number of carbonyl (C=O) groups excluding carboxylic acids is 1. The molecule has 4 rings (SSSR count). The second-order valence-corrected chi connectivity index (χ2v) is 8.39. The first kappa shape index (κ1) is 20.0. The largest absolute Gasteiger partial charge is 0.379 e. The molecule has 0 aliphatic carbocycles. The van der Waals surface area contributed by atoms with E-state index in [1.54, 1.807) is 0 Å². The Hall–Kier alpha value is -2.27. The van der Waals surface area contributed by atoms with Crippen LogP contribution in [0.25, 0.3) is 5.69 Å². The van der Waals surface area contributed by atoms with Crippen molar-refractivity contribution in [3.63, 3.8) is 0 Å². The Bertz CT molecular complexity index is 953. The molecule has 10 heteroatoms. The zero-order valence-corrected chi connectivity index (χ0v) is 17.7. The molecule has 0 atom stereocenters. The van der Waals surface area contributed by atoms with E-state index in [0.717, 1.165) is 43.5 Å². The minimum absolute atomic E-state index is 0.110. The van der Waals surface area contributed by atoms with Crippen molar-refractivity contribution in [2.45, 2.75) is 18.6 Å². The molecule has 1 N–H and O–H groups in total. The molecule has 2 aromatic heterocycles. The van der Waals surface area contributed by atoms with Gasteiger partial charge in [0.05, 0.1) is 31.2 Å². The third kappa shape index (κ3) is 5.21. The van der Waals surface area contributed by atoms with Crippen LogP contribution in [0.2, 0.25) is 0 Å². The van der Waals surface area contributed by atoms with Crippen molar-refractivity contribution >= 4 is 34.1 Å². The van der Waals surface area contributed by atoms with Crippen molar-refractivity contribution in [2.75, 3.05) is 37.4 Å². The molecule has 8 nitrogen and oxygen atoms in total. The maximum atomic E-state index is 12.3. The number of rotatable bonds is 7. The van der Waals surface area contributed by atoms with Crippen LogP contribution in [0.3, 0.4) is 0 Å². The van der Waals surface area contributed by atoms with Crippen molar-refractivity contribution in [3.05, 3.63) is 47.2 Å². The zero-order valence-electron chi connectivity index (χ0n) is 16.1. The summed E-state index contributed by atoms with van der Waals surface area (Å²) >= 11 is 2.79. The molecule has 0 spiro atoms. The first-order valence-corrected chi connectivity index (χ1v) is 11.2. The number of ether oxygens (including phenoxy) is 1. The Morgan fingerprint density at radius 1 is 1.24 bits per heavy atom. The number of anilines is 1. The predicted octanol–water partition coefficient (Wildman–Crippen LogP) is 2.60. The topological polar surface area (TPSA) is 85.2 Å². The molecule has 0 radical (unpaired) electrons. The molecular formula is C19H22N6O2S2. The number of aryl methyl sites for hydroxylation is 1. The van der Waals surface area contributed by atoms with Crippen molar-refractivity contribution < 1.29 is 9.53 Å². The van der Waals surface area contributed by atoms with Gasteiger partial charge in [-0.25, -0.2) is 4.98 Å². The summed E-state index contributed by atoms with van der Waals surface area (Å²) in [6.07, 6.45) is 0. The summed E-state index contributed by atoms with van der Waals surface area (Å²) in [4.78, 5) is 18.9. The molecule has 0 unspecified atom stereocenters. The number of thioether (sulfide) groups is 1. The molecule has 3 heterocycles. The minimum atomic E-state index is -0.110. The fourth-order valence-electron chi connectivity index (χ4n) is 2.99. The van der Waals surface area contributed by atoms with Crippen LogP contribution in [0, 0.1) is 6.92 Å². The highest BCUT2D eigenvalue weighted by molar-refractivity contribution is 7.99. The highest BCUT2D eigenvalue weighted by Crippen LogP contribution is 2.23. The second-order valence-electron chi connectivity index (χ2n) is 6.59. The number of nitrogens with one attached hydrogen (secondary N) is 1. The molecule has 1 aliphatic rings. The zero-order chi connectivity index (χ0) is 20.1. The van der Waals surface area contributed by atoms with Crippen LogP contribution in [-0.4, -0.2) is 62.6 Å². The van der Waals surface area contributed by atoms with Gasteiger partial charge in [-0.1, -0.05) is 30.0 Å². The van der Waals surface area contributed by atoms with Gasteiger partial charge in [0, 0.05) is 24.2 Å². The lowest BCUT2D eigenvalue weighted by Crippen LogP contribution is -2.36. The highest BCUT2D eigenvalue weighted by Gasteiger charge is 2.19. The standard InChI is InChI=1S/C19H22N6O2S2/c1-14-12-28-18(20-14)21-17(26)13-29-19-23-22-16(11-24-7-9-27-10-8-24)25(19)15-5-3-2-4-6-15/h2-6,12H,7-11,13H2,1H3,(H,20,21,26). The average molecular weight is 431 g/mol. The number of aromatic nitrogens is 4. The number of carbonyl (C=O) groups is 1. The van der Waals surface area contributed by atoms with Gasteiger partial charge in [0.25, 0.3) is 0 Å². The summed E-state index contributed by atoms with van der Waals surface area (Å²) < 4.78 is 7.46. The SMILES string of the molecule is Cc1csc(NC(=O)CSc2nnc(CN3CCOCC3)n2-c2ccccc2)n1. The Kier molecular flexibility index (Phi) is 6.55. The van der Waals surface area contributed by atoms with Crippen molar-refractivity contribution in [2.24, 2.45) is 0 Å². The molecule has 1 saturated heterocycles. The van der Waals surface area contributed by atoms with Crippen LogP contribution in [0.4, 0.5) is 5.13 Å². The number of amides is 1. The van der Waals surface area contributed by atoms with E-state index >= 15 is 0 Å². The van der Waals surface area contributed by atoms with Gasteiger partial charge in [0.2, 0.25) is 5.91 Å². The van der Waals surface area contributed by atoms with Crippen LogP contribution in [0.1, 0.15) is 11.5 Å². The Labute approximate surface area is 177 Å². The molecule has 1 amide bonds. The molecule has 1 aliphatic heterocycles. The third-order valence-corrected chi connectivity index (χ3v) is 6.19. The van der Waals surface area contributed by atoms with Gasteiger partial charge in [-0.05, 0) is 19.1 Å². The first-order valence-electron chi connectivity index (χ1n) is 9.33. The van der Waals surface area contributed by atoms with Crippen LogP contribution in [0.5, 0.6) is 0 Å². The number of nitrogens with zero attached hydrogens (tertiary/aromatic N) is 5. The number of benzene rings is 1. The van der Waals surface area contributed by atoms with E-state index in [2.05, 4.69) is 25.4 Å². The number of morpholine rings is 1. The fraction of sp³-hybridized carbons (Fsp3) is 0.368. The summed E-state index contributed by atoms with van der Waals surface area (Å²) in [5.74, 6) is 0.986. The molecule has 3 aromatic rings. The molecule has 29 heavy (non-hydrogen) atoms. The molecule has 152 valence electrons. The Balaban J connectivity index is 1.49. The lowest BCUT2D eigenvalue weighted by atomic mass is 10.3. The Morgan fingerprint density at radius 2 is 2.03 bits per heavy atom. The number of hydrogen-bond donors (Lipinski definition) is 1. The lowest BCUT2D eigenvalue weighted by Gasteiger charge is -2.26. The van der Waals surface area contributed by atoms with Gasteiger partial charge >= 0.3 is 0 Å². The molecule has 1 fully saturated rings. The quantitative estimate of drug-likeness (QED) is 0.577. The van der Waals surface area contributed by atoms with Gasteiger partial charge in [-0.15, -0.1) is 21.5 Å². The fourth-order valence-corrected chi connectivity index (χ4v) is 4.46. The maximum Gasteiger partial charge on any atom is 0.236 e. The van der Waals surface area contributed by atoms with Crippen molar-refractivity contribution in [1.29, 1.82) is 0 Å². The maximum absolute atomic E-state index is 12.3. The Morgan fingerprint density at radius 3 is 2.76 bits per heavy atom. The van der Waals surface area contributed by atoms with Gasteiger partial charge in [0.15, 0.2) is 16.1 Å². The van der Waals surface area contributed by atoms with Crippen LogP contribution in [-0.2, 0) is 16.1 Å². The smallest absolute Gasteiger partial charge is 0.236 e. The molecule has 0 bridgehead atoms. The van der Waals surface area contributed by atoms with Crippen molar-refractivity contribution in [1.82, 2.24) is 24.6 Å². The molecular weight excluding hydrogens is 408 g/mol. The van der Waals surface area contributed by atoms with Crippen LogP contribution >= 0.6 is 23.1 Å². The molecule has 1 aromatic carbocycles. The summed E-state index contributed by atoms with van der Waals surface area (Å²) in [5, 5.41) is 14.8. The van der Waals surface area contributed by atoms with Crippen molar-refractivity contribution in [3.8, 4) is 5.69 Å². The minimum Gasteiger partial charge on any atom is -0.379 e. The van der Waals surface area contributed by atoms with Gasteiger partial charge in [0.1, 0.15) is 0 Å². The predicted molar refractivity (Wildman–Crippen MR) is 114 cm³/mol. The van der Waals surface area contributed by atoms with E-state index in [1.165, 1.54) is 23.1 Å². The number of thiazole rings is 1. The van der Waals surface area contributed by atoms with E-state index in [0.29, 0.717) is 16.8 Å². The lowest BCUT2D eigenvalue weighted by molar-refractivity contribution is -0.113. The van der Waals surface area contributed by atoms with Crippen LogP contribution in [0.15, 0.2) is 40.9 Å². The third-order valence-electron chi connectivity index (χ3n) is 4.38. The molecule has 0 saturated carbocycles. The van der Waals surface area contributed by atoms with E-state index in [1.807, 2.05) is 47.2 Å². The second kappa shape index (κ2) is 9.49. The van der Waals surface area contributed by atoms with Crippen LogP contribution < -0.4 is 5.32 Å². The van der Waals surface area contributed by atoms with Gasteiger partial charge in [-0.2, -0.15) is 0 Å². The number of hydrogen-bond acceptors (Lipinski definition) is 8. The highest BCUT2D eigenvalue weighted by atomic mass is 32.2. The van der Waals surface area contributed by atoms with E-state index in [-0.39, 0.29) is 11.7 Å². The van der Waals surface area contributed by atoms with E-state index in [9.17, 15) is 4.79 Å². The van der Waals surface area contributed by atoms with E-state index < -0.39 is 0 Å². The normalized spacial score (nSPS) is 14.8. The van der Waals surface area contributed by atoms with E-state index in [4.69, 9.17) is 4.74 Å². The average Bonchev–Trinajstić information content (AvgIpc) is 3.33.